The van der Waals surface area contributed by atoms with Crippen LogP contribution in [0.1, 0.15) is 32.3 Å². The third kappa shape index (κ3) is 3.82. The molecule has 1 N–H and O–H groups in total. The molecule has 26 heavy (non-hydrogen) atoms. The smallest absolute Gasteiger partial charge is 0.225 e. The molecule has 0 bridgehead atoms. The van der Waals surface area contributed by atoms with E-state index in [2.05, 4.69) is 24.3 Å². The molecule has 1 amide bonds. The maximum absolute atomic E-state index is 12.0. The van der Waals surface area contributed by atoms with Crippen molar-refractivity contribution in [2.24, 2.45) is 5.92 Å². The summed E-state index contributed by atoms with van der Waals surface area (Å²) in [5.74, 6) is -0.901. The second kappa shape index (κ2) is 7.11. The molecule has 3 aromatic rings. The van der Waals surface area contributed by atoms with E-state index in [4.69, 9.17) is 4.98 Å². The van der Waals surface area contributed by atoms with Gasteiger partial charge in [0.15, 0.2) is 11.5 Å². The Morgan fingerprint density at radius 3 is 2.69 bits per heavy atom. The maximum atomic E-state index is 12.0. The zero-order chi connectivity index (χ0) is 18.8. The molecule has 7 heteroatoms. The molecule has 0 saturated carbocycles. The molecule has 0 saturated heterocycles. The van der Waals surface area contributed by atoms with Crippen LogP contribution in [0.15, 0.2) is 24.3 Å². The Hall–Kier alpha value is -2.96. The highest BCUT2D eigenvalue weighted by Crippen LogP contribution is 2.27. The Bertz CT molecular complexity index is 991. The number of aromatic nitrogens is 3. The summed E-state index contributed by atoms with van der Waals surface area (Å²) in [5, 5.41) is 19.5. The maximum Gasteiger partial charge on any atom is 0.225 e. The standard InChI is InChI=1S/C19H22N4O3/c1-11(2)10-23-19-14(9-13-5-4-12(3)8-15(13)20-19)18(22-23)21-16(24)6-7-17(25)26/h4-5,8-9,11H,6-7,10H2,1-3H3,(H,25,26)(H,21,22,24)/p-1. The lowest BCUT2D eigenvalue weighted by atomic mass is 10.1. The number of amides is 1. The van der Waals surface area contributed by atoms with Crippen LogP contribution in [0.25, 0.3) is 21.9 Å². The number of carbonyl (C=O) groups is 2. The van der Waals surface area contributed by atoms with Crippen molar-refractivity contribution >= 4 is 39.6 Å². The molecule has 0 aliphatic rings. The molecular formula is C19H21N4O3-. The van der Waals surface area contributed by atoms with Crippen molar-refractivity contribution in [3.63, 3.8) is 0 Å². The van der Waals surface area contributed by atoms with E-state index in [-0.39, 0.29) is 12.8 Å². The summed E-state index contributed by atoms with van der Waals surface area (Å²) in [7, 11) is 0. The van der Waals surface area contributed by atoms with Crippen LogP contribution in [0.3, 0.4) is 0 Å². The number of carboxylic acids is 1. The van der Waals surface area contributed by atoms with E-state index in [1.54, 1.807) is 4.68 Å². The molecule has 0 unspecified atom stereocenters. The fourth-order valence-electron chi connectivity index (χ4n) is 2.84. The number of nitrogens with zero attached hydrogens (tertiary/aromatic N) is 3. The van der Waals surface area contributed by atoms with Gasteiger partial charge < -0.3 is 15.2 Å². The summed E-state index contributed by atoms with van der Waals surface area (Å²) in [6, 6.07) is 7.96. The highest BCUT2D eigenvalue weighted by atomic mass is 16.4. The number of rotatable bonds is 6. The zero-order valence-corrected chi connectivity index (χ0v) is 15.1. The number of anilines is 1. The van der Waals surface area contributed by atoms with Crippen LogP contribution in [0.5, 0.6) is 0 Å². The minimum absolute atomic E-state index is 0.152. The summed E-state index contributed by atoms with van der Waals surface area (Å²) >= 11 is 0. The average molecular weight is 353 g/mol. The third-order valence-electron chi connectivity index (χ3n) is 4.03. The van der Waals surface area contributed by atoms with Crippen molar-refractivity contribution in [1.82, 2.24) is 14.8 Å². The van der Waals surface area contributed by atoms with E-state index >= 15 is 0 Å². The monoisotopic (exact) mass is 353 g/mol. The van der Waals surface area contributed by atoms with Gasteiger partial charge in [0, 0.05) is 24.3 Å². The lowest BCUT2D eigenvalue weighted by Gasteiger charge is -2.06. The SMILES string of the molecule is Cc1ccc2cc3c(NC(=O)CCC(=O)[O-])nn(CC(C)C)c3nc2c1. The number of aliphatic carboxylic acids is 1. The summed E-state index contributed by atoms with van der Waals surface area (Å²) in [6.07, 6.45) is -0.474. The van der Waals surface area contributed by atoms with E-state index in [1.807, 2.05) is 31.2 Å². The predicted octanol–water partition coefficient (Wildman–Crippen LogP) is 2.02. The number of pyridine rings is 1. The van der Waals surface area contributed by atoms with Crippen LogP contribution >= 0.6 is 0 Å². The van der Waals surface area contributed by atoms with Gasteiger partial charge in [0.1, 0.15) is 0 Å². The van der Waals surface area contributed by atoms with E-state index in [0.717, 1.165) is 21.9 Å². The number of hydrogen-bond donors (Lipinski definition) is 1. The number of benzene rings is 1. The number of nitrogens with one attached hydrogen (secondary N) is 1. The quantitative estimate of drug-likeness (QED) is 0.731. The van der Waals surface area contributed by atoms with Gasteiger partial charge in [-0.1, -0.05) is 26.0 Å². The summed E-state index contributed by atoms with van der Waals surface area (Å²) in [4.78, 5) is 27.3. The molecule has 0 aliphatic carbocycles. The van der Waals surface area contributed by atoms with E-state index in [1.165, 1.54) is 0 Å². The number of carboxylic acid groups (broad SMARTS) is 1. The Balaban J connectivity index is 2.05. The Morgan fingerprint density at radius 2 is 2.00 bits per heavy atom. The fraction of sp³-hybridized carbons (Fsp3) is 0.368. The number of fused-ring (bicyclic) bond motifs is 2. The Labute approximate surface area is 151 Å². The second-order valence-electron chi connectivity index (χ2n) is 6.90. The first-order chi connectivity index (χ1) is 12.3. The van der Waals surface area contributed by atoms with Crippen molar-refractivity contribution < 1.29 is 14.7 Å². The number of hydrogen-bond acceptors (Lipinski definition) is 5. The van der Waals surface area contributed by atoms with E-state index in [9.17, 15) is 14.7 Å². The van der Waals surface area contributed by atoms with Crippen LogP contribution < -0.4 is 10.4 Å². The molecule has 0 aliphatic heterocycles. The largest absolute Gasteiger partial charge is 0.550 e. The average Bonchev–Trinajstić information content (AvgIpc) is 2.87. The minimum atomic E-state index is -1.25. The van der Waals surface area contributed by atoms with Gasteiger partial charge in [-0.25, -0.2) is 9.67 Å². The van der Waals surface area contributed by atoms with Gasteiger partial charge >= 0.3 is 0 Å². The molecule has 0 spiro atoms. The zero-order valence-electron chi connectivity index (χ0n) is 15.1. The first-order valence-electron chi connectivity index (χ1n) is 8.61. The van der Waals surface area contributed by atoms with Crippen LogP contribution in [0, 0.1) is 12.8 Å². The lowest BCUT2D eigenvalue weighted by Crippen LogP contribution is -2.24. The van der Waals surface area contributed by atoms with Crippen LogP contribution in [-0.4, -0.2) is 26.6 Å². The Kier molecular flexibility index (Phi) is 4.88. The molecule has 0 fully saturated rings. The molecule has 136 valence electrons. The number of carbonyl (C=O) groups excluding carboxylic acids is 2. The fourth-order valence-corrected chi connectivity index (χ4v) is 2.84. The van der Waals surface area contributed by atoms with Crippen molar-refractivity contribution in [2.75, 3.05) is 5.32 Å². The normalized spacial score (nSPS) is 11.4. The van der Waals surface area contributed by atoms with Gasteiger partial charge in [-0.15, -0.1) is 0 Å². The highest BCUT2D eigenvalue weighted by Gasteiger charge is 2.16. The molecule has 3 rings (SSSR count). The predicted molar refractivity (Wildman–Crippen MR) is 97.5 cm³/mol. The summed E-state index contributed by atoms with van der Waals surface area (Å²) in [5.41, 5.74) is 2.69. The van der Waals surface area contributed by atoms with Crippen molar-refractivity contribution in [1.29, 1.82) is 0 Å². The van der Waals surface area contributed by atoms with Crippen molar-refractivity contribution in [2.45, 2.75) is 40.2 Å². The summed E-state index contributed by atoms with van der Waals surface area (Å²) < 4.78 is 1.79. The van der Waals surface area contributed by atoms with Gasteiger partial charge in [0.25, 0.3) is 0 Å². The van der Waals surface area contributed by atoms with Crippen LogP contribution in [0.4, 0.5) is 5.82 Å². The van der Waals surface area contributed by atoms with Gasteiger partial charge in [0.05, 0.1) is 10.9 Å². The first-order valence-corrected chi connectivity index (χ1v) is 8.61. The molecule has 2 heterocycles. The van der Waals surface area contributed by atoms with Gasteiger partial charge in [-0.3, -0.25) is 4.79 Å². The minimum Gasteiger partial charge on any atom is -0.550 e. The molecule has 2 aromatic heterocycles. The summed E-state index contributed by atoms with van der Waals surface area (Å²) in [6.45, 7) is 6.84. The van der Waals surface area contributed by atoms with Gasteiger partial charge in [-0.2, -0.15) is 5.10 Å². The topological polar surface area (TPSA) is 99.9 Å². The molecule has 1 aromatic carbocycles. The molecule has 0 radical (unpaired) electrons. The van der Waals surface area contributed by atoms with Gasteiger partial charge in [-0.05, 0) is 37.0 Å². The van der Waals surface area contributed by atoms with Crippen molar-refractivity contribution in [3.05, 3.63) is 29.8 Å². The Morgan fingerprint density at radius 1 is 1.23 bits per heavy atom. The second-order valence-corrected chi connectivity index (χ2v) is 6.90. The van der Waals surface area contributed by atoms with Crippen LogP contribution in [0.2, 0.25) is 0 Å². The number of aryl methyl sites for hydroxylation is 1. The molecule has 7 nitrogen and oxygen atoms in total. The molecule has 0 atom stereocenters. The van der Waals surface area contributed by atoms with Crippen molar-refractivity contribution in [3.8, 4) is 0 Å². The van der Waals surface area contributed by atoms with E-state index in [0.29, 0.717) is 23.9 Å². The van der Waals surface area contributed by atoms with Crippen LogP contribution in [-0.2, 0) is 16.1 Å². The van der Waals surface area contributed by atoms with E-state index < -0.39 is 11.9 Å². The van der Waals surface area contributed by atoms with Gasteiger partial charge in [0.2, 0.25) is 5.91 Å². The highest BCUT2D eigenvalue weighted by molar-refractivity contribution is 6.03. The third-order valence-corrected chi connectivity index (χ3v) is 4.03. The molecular weight excluding hydrogens is 332 g/mol. The lowest BCUT2D eigenvalue weighted by molar-refractivity contribution is -0.305. The first kappa shape index (κ1) is 17.8.